The van der Waals surface area contributed by atoms with Crippen molar-refractivity contribution in [2.24, 2.45) is 0 Å². The van der Waals surface area contributed by atoms with Crippen molar-refractivity contribution < 1.29 is 14.5 Å². The molecule has 9 nitrogen and oxygen atoms in total. The van der Waals surface area contributed by atoms with Gasteiger partial charge in [0, 0.05) is 23.7 Å². The molecule has 2 aromatic carbocycles. The first-order chi connectivity index (χ1) is 16.9. The lowest BCUT2D eigenvalue weighted by Crippen LogP contribution is -2.34. The van der Waals surface area contributed by atoms with Crippen LogP contribution in [0.2, 0.25) is 0 Å². The Morgan fingerprint density at radius 3 is 2.60 bits per heavy atom. The fourth-order valence-corrected chi connectivity index (χ4v) is 3.93. The Morgan fingerprint density at radius 2 is 1.91 bits per heavy atom. The summed E-state index contributed by atoms with van der Waals surface area (Å²) in [6.07, 6.45) is 1.82. The number of nitro benzene ring substituents is 1. The maximum Gasteiger partial charge on any atom is 0.271 e. The summed E-state index contributed by atoms with van der Waals surface area (Å²) in [6, 6.07) is 15.1. The summed E-state index contributed by atoms with van der Waals surface area (Å²) in [7, 11) is 1.58. The second kappa shape index (κ2) is 12.1. The van der Waals surface area contributed by atoms with Crippen molar-refractivity contribution >= 4 is 11.6 Å². The molecule has 186 valence electrons. The zero-order valence-electron chi connectivity index (χ0n) is 20.7. The summed E-state index contributed by atoms with van der Waals surface area (Å²) in [5.74, 6) is 0.383. The van der Waals surface area contributed by atoms with Crippen LogP contribution in [-0.4, -0.2) is 58.3 Å². The number of rotatable bonds is 12. The van der Waals surface area contributed by atoms with E-state index >= 15 is 0 Å². The molecule has 1 N–H and O–H groups in total. The second-order valence-corrected chi connectivity index (χ2v) is 8.38. The number of methoxy groups -OCH3 is 1. The Kier molecular flexibility index (Phi) is 8.97. The standard InChI is InChI=1S/C26H33N5O4/c1-5-29(6-2)15-9-10-19(3)27-26(32)25-18-24(20-11-7-14-23(16-20)35-4)28-30(25)21-12-8-13-22(17-21)31(33)34/h7-8,11-14,16-19H,5-6,9-10,15H2,1-4H3,(H,27,32). The highest BCUT2D eigenvalue weighted by Crippen LogP contribution is 2.26. The SMILES string of the molecule is CCN(CC)CCCC(C)NC(=O)c1cc(-c2cccc(OC)c2)nn1-c1cccc([N+](=O)[O-])c1. The quantitative estimate of drug-likeness (QED) is 0.298. The van der Waals surface area contributed by atoms with Gasteiger partial charge in [-0.25, -0.2) is 4.68 Å². The molecule has 3 rings (SSSR count). The third kappa shape index (κ3) is 6.66. The van der Waals surface area contributed by atoms with Gasteiger partial charge in [0.15, 0.2) is 0 Å². The molecular formula is C26H33N5O4. The number of carbonyl (C=O) groups excluding carboxylic acids is 1. The van der Waals surface area contributed by atoms with E-state index in [2.05, 4.69) is 29.2 Å². The molecule has 9 heteroatoms. The molecule has 0 aliphatic heterocycles. The molecule has 0 saturated heterocycles. The van der Waals surface area contributed by atoms with Crippen molar-refractivity contribution in [2.75, 3.05) is 26.7 Å². The third-order valence-electron chi connectivity index (χ3n) is 5.98. The van der Waals surface area contributed by atoms with Crippen LogP contribution in [0, 0.1) is 10.1 Å². The molecule has 0 radical (unpaired) electrons. The maximum absolute atomic E-state index is 13.3. The molecule has 0 spiro atoms. The van der Waals surface area contributed by atoms with Crippen LogP contribution in [-0.2, 0) is 0 Å². The molecule has 1 unspecified atom stereocenters. The van der Waals surface area contributed by atoms with E-state index in [4.69, 9.17) is 4.74 Å². The number of nitro groups is 1. The van der Waals surface area contributed by atoms with Crippen molar-refractivity contribution in [3.8, 4) is 22.7 Å². The van der Waals surface area contributed by atoms with Gasteiger partial charge < -0.3 is 15.0 Å². The molecule has 1 amide bonds. The molecule has 0 bridgehead atoms. The molecule has 0 aliphatic rings. The average molecular weight is 480 g/mol. The summed E-state index contributed by atoms with van der Waals surface area (Å²) in [5, 5.41) is 19.0. The summed E-state index contributed by atoms with van der Waals surface area (Å²) in [4.78, 5) is 26.5. The number of ether oxygens (including phenoxy) is 1. The lowest BCUT2D eigenvalue weighted by atomic mass is 10.1. The number of non-ortho nitro benzene ring substituents is 1. The van der Waals surface area contributed by atoms with Gasteiger partial charge in [-0.3, -0.25) is 14.9 Å². The summed E-state index contributed by atoms with van der Waals surface area (Å²) >= 11 is 0. The predicted octanol–water partition coefficient (Wildman–Crippen LogP) is 4.70. The lowest BCUT2D eigenvalue weighted by molar-refractivity contribution is -0.384. The van der Waals surface area contributed by atoms with Crippen LogP contribution >= 0.6 is 0 Å². The van der Waals surface area contributed by atoms with E-state index in [-0.39, 0.29) is 17.6 Å². The minimum Gasteiger partial charge on any atom is -0.497 e. The minimum absolute atomic E-state index is 0.0354. The normalized spacial score (nSPS) is 11.9. The number of aromatic nitrogens is 2. The topological polar surface area (TPSA) is 103 Å². The van der Waals surface area contributed by atoms with Crippen LogP contribution in [0.25, 0.3) is 16.9 Å². The van der Waals surface area contributed by atoms with Crippen LogP contribution < -0.4 is 10.1 Å². The first kappa shape index (κ1) is 25.9. The third-order valence-corrected chi connectivity index (χ3v) is 5.98. The van der Waals surface area contributed by atoms with Crippen molar-refractivity contribution in [1.29, 1.82) is 0 Å². The van der Waals surface area contributed by atoms with E-state index in [1.165, 1.54) is 16.8 Å². The molecule has 0 fully saturated rings. The molecule has 35 heavy (non-hydrogen) atoms. The fourth-order valence-electron chi connectivity index (χ4n) is 3.93. The zero-order valence-corrected chi connectivity index (χ0v) is 20.7. The van der Waals surface area contributed by atoms with E-state index in [1.807, 2.05) is 31.2 Å². The van der Waals surface area contributed by atoms with Gasteiger partial charge in [-0.15, -0.1) is 0 Å². The van der Waals surface area contributed by atoms with Crippen LogP contribution in [0.3, 0.4) is 0 Å². The van der Waals surface area contributed by atoms with Gasteiger partial charge in [0.25, 0.3) is 11.6 Å². The summed E-state index contributed by atoms with van der Waals surface area (Å²) in [5.41, 5.74) is 2.01. The van der Waals surface area contributed by atoms with Gasteiger partial charge >= 0.3 is 0 Å². The lowest BCUT2D eigenvalue weighted by Gasteiger charge is -2.20. The number of amides is 1. The maximum atomic E-state index is 13.3. The molecule has 0 aliphatic carbocycles. The van der Waals surface area contributed by atoms with Gasteiger partial charge in [-0.1, -0.05) is 32.0 Å². The molecule has 1 aromatic heterocycles. The van der Waals surface area contributed by atoms with Gasteiger partial charge in [0.05, 0.1) is 23.4 Å². The highest BCUT2D eigenvalue weighted by atomic mass is 16.6. The van der Waals surface area contributed by atoms with Gasteiger partial charge in [0.2, 0.25) is 0 Å². The van der Waals surface area contributed by atoms with E-state index in [0.717, 1.165) is 38.0 Å². The van der Waals surface area contributed by atoms with E-state index in [1.54, 1.807) is 25.3 Å². The van der Waals surface area contributed by atoms with Crippen molar-refractivity contribution in [2.45, 2.75) is 39.7 Å². The first-order valence-electron chi connectivity index (χ1n) is 11.9. The Labute approximate surface area is 205 Å². The number of nitrogens with one attached hydrogen (secondary N) is 1. The number of hydrogen-bond acceptors (Lipinski definition) is 6. The Hall–Kier alpha value is -3.72. The van der Waals surface area contributed by atoms with Crippen LogP contribution in [0.5, 0.6) is 5.75 Å². The zero-order chi connectivity index (χ0) is 25.4. The molecule has 1 heterocycles. The summed E-state index contributed by atoms with van der Waals surface area (Å²) < 4.78 is 6.78. The number of nitrogens with zero attached hydrogens (tertiary/aromatic N) is 4. The number of hydrogen-bond donors (Lipinski definition) is 1. The van der Waals surface area contributed by atoms with Crippen LogP contribution in [0.4, 0.5) is 5.69 Å². The highest BCUT2D eigenvalue weighted by molar-refractivity contribution is 5.94. The van der Waals surface area contributed by atoms with E-state index < -0.39 is 4.92 Å². The second-order valence-electron chi connectivity index (χ2n) is 8.38. The van der Waals surface area contributed by atoms with Gasteiger partial charge in [-0.05, 0) is 63.7 Å². The predicted molar refractivity (Wildman–Crippen MR) is 136 cm³/mol. The van der Waals surface area contributed by atoms with Crippen LogP contribution in [0.1, 0.15) is 44.1 Å². The Balaban J connectivity index is 1.89. The Bertz CT molecular complexity index is 1160. The number of benzene rings is 2. The molecule has 1 atom stereocenters. The number of carbonyl (C=O) groups is 1. The van der Waals surface area contributed by atoms with Gasteiger partial charge in [0.1, 0.15) is 11.4 Å². The molecular weight excluding hydrogens is 446 g/mol. The van der Waals surface area contributed by atoms with Crippen molar-refractivity contribution in [3.63, 3.8) is 0 Å². The fraction of sp³-hybridized carbons (Fsp3) is 0.385. The minimum atomic E-state index is -0.465. The van der Waals surface area contributed by atoms with Gasteiger partial charge in [-0.2, -0.15) is 5.10 Å². The van der Waals surface area contributed by atoms with E-state index in [9.17, 15) is 14.9 Å². The van der Waals surface area contributed by atoms with Crippen molar-refractivity contribution in [1.82, 2.24) is 20.0 Å². The molecule has 3 aromatic rings. The monoisotopic (exact) mass is 479 g/mol. The highest BCUT2D eigenvalue weighted by Gasteiger charge is 2.20. The van der Waals surface area contributed by atoms with E-state index in [0.29, 0.717) is 22.8 Å². The largest absolute Gasteiger partial charge is 0.497 e. The smallest absolute Gasteiger partial charge is 0.271 e. The Morgan fingerprint density at radius 1 is 1.17 bits per heavy atom. The summed E-state index contributed by atoms with van der Waals surface area (Å²) in [6.45, 7) is 9.27. The first-order valence-corrected chi connectivity index (χ1v) is 11.9. The van der Waals surface area contributed by atoms with Crippen molar-refractivity contribution in [3.05, 3.63) is 70.4 Å². The van der Waals surface area contributed by atoms with Crippen LogP contribution in [0.15, 0.2) is 54.6 Å². The average Bonchev–Trinajstić information content (AvgIpc) is 3.32. The molecule has 0 saturated carbocycles.